The third-order valence-electron chi connectivity index (χ3n) is 3.42. The number of hydrogen-bond acceptors (Lipinski definition) is 3. The van der Waals surface area contributed by atoms with Gasteiger partial charge in [-0.05, 0) is 37.3 Å². The van der Waals surface area contributed by atoms with Gasteiger partial charge in [0.25, 0.3) is 0 Å². The first-order valence-electron chi connectivity index (χ1n) is 5.86. The van der Waals surface area contributed by atoms with Crippen LogP contribution in [0.5, 0.6) is 0 Å². The lowest BCUT2D eigenvalue weighted by atomic mass is 10.2. The Balaban J connectivity index is 2.23. The Morgan fingerprint density at radius 1 is 1.50 bits per heavy atom. The van der Waals surface area contributed by atoms with E-state index in [0.717, 1.165) is 12.5 Å². The predicted octanol–water partition coefficient (Wildman–Crippen LogP) is 1.65. The molecule has 0 amide bonds. The van der Waals surface area contributed by atoms with Gasteiger partial charge in [0.2, 0.25) is 10.0 Å². The van der Waals surface area contributed by atoms with Crippen molar-refractivity contribution in [2.24, 2.45) is 11.8 Å². The highest BCUT2D eigenvalue weighted by Crippen LogP contribution is 2.37. The molecular formula is C12H17FN2O2S. The van der Waals surface area contributed by atoms with Crippen molar-refractivity contribution in [3.63, 3.8) is 0 Å². The van der Waals surface area contributed by atoms with Gasteiger partial charge in [0.05, 0.1) is 4.90 Å². The molecule has 0 bridgehead atoms. The van der Waals surface area contributed by atoms with Crippen LogP contribution in [0.15, 0.2) is 17.0 Å². The van der Waals surface area contributed by atoms with Crippen molar-refractivity contribution < 1.29 is 12.8 Å². The minimum atomic E-state index is -3.68. The van der Waals surface area contributed by atoms with E-state index in [9.17, 15) is 12.8 Å². The van der Waals surface area contributed by atoms with Crippen LogP contribution in [0, 0.1) is 24.6 Å². The summed E-state index contributed by atoms with van der Waals surface area (Å²) in [5, 5.41) is 0. The molecule has 0 spiro atoms. The molecule has 0 heterocycles. The zero-order valence-corrected chi connectivity index (χ0v) is 11.2. The first-order valence-corrected chi connectivity index (χ1v) is 7.35. The van der Waals surface area contributed by atoms with Crippen LogP contribution in [0.3, 0.4) is 0 Å². The monoisotopic (exact) mass is 272 g/mol. The van der Waals surface area contributed by atoms with Gasteiger partial charge < -0.3 is 5.73 Å². The highest BCUT2D eigenvalue weighted by molar-refractivity contribution is 7.89. The summed E-state index contributed by atoms with van der Waals surface area (Å²) in [6.45, 7) is 3.91. The van der Waals surface area contributed by atoms with Crippen molar-refractivity contribution >= 4 is 15.7 Å². The van der Waals surface area contributed by atoms with E-state index >= 15 is 0 Å². The number of sulfonamides is 1. The molecule has 0 aromatic heterocycles. The van der Waals surface area contributed by atoms with Crippen molar-refractivity contribution in [2.75, 3.05) is 12.3 Å². The fourth-order valence-electron chi connectivity index (χ4n) is 1.93. The Morgan fingerprint density at radius 2 is 2.11 bits per heavy atom. The van der Waals surface area contributed by atoms with Crippen molar-refractivity contribution in [3.05, 3.63) is 23.5 Å². The molecule has 2 unspecified atom stereocenters. The average molecular weight is 272 g/mol. The Morgan fingerprint density at radius 3 is 2.67 bits per heavy atom. The number of anilines is 1. The summed E-state index contributed by atoms with van der Waals surface area (Å²) in [5.41, 5.74) is 5.69. The van der Waals surface area contributed by atoms with E-state index in [4.69, 9.17) is 5.73 Å². The highest BCUT2D eigenvalue weighted by atomic mass is 32.2. The lowest BCUT2D eigenvalue weighted by Crippen LogP contribution is -2.27. The molecule has 18 heavy (non-hydrogen) atoms. The summed E-state index contributed by atoms with van der Waals surface area (Å²) in [4.78, 5) is -0.0756. The zero-order chi connectivity index (χ0) is 13.5. The van der Waals surface area contributed by atoms with Gasteiger partial charge in [-0.15, -0.1) is 0 Å². The summed E-state index contributed by atoms with van der Waals surface area (Å²) in [6.07, 6.45) is 1.03. The lowest BCUT2D eigenvalue weighted by molar-refractivity contribution is 0.569. The van der Waals surface area contributed by atoms with E-state index in [-0.39, 0.29) is 16.1 Å². The van der Waals surface area contributed by atoms with E-state index in [0.29, 0.717) is 18.4 Å². The molecule has 0 radical (unpaired) electrons. The maximum Gasteiger partial charge on any atom is 0.241 e. The second-order valence-corrected chi connectivity index (χ2v) is 6.69. The molecular weight excluding hydrogens is 255 g/mol. The Hall–Kier alpha value is -1.14. The second-order valence-electron chi connectivity index (χ2n) is 4.95. The molecule has 0 aliphatic heterocycles. The summed E-state index contributed by atoms with van der Waals surface area (Å²) in [6, 6.07) is 2.41. The van der Waals surface area contributed by atoms with E-state index in [2.05, 4.69) is 11.6 Å². The van der Waals surface area contributed by atoms with Crippen LogP contribution in [-0.2, 0) is 10.0 Å². The van der Waals surface area contributed by atoms with E-state index in [1.807, 2.05) is 0 Å². The fraction of sp³-hybridized carbons (Fsp3) is 0.500. The van der Waals surface area contributed by atoms with Crippen LogP contribution in [0.1, 0.15) is 18.9 Å². The van der Waals surface area contributed by atoms with Crippen LogP contribution in [0.4, 0.5) is 10.1 Å². The number of nitrogens with one attached hydrogen (secondary N) is 1. The third kappa shape index (κ3) is 2.64. The van der Waals surface area contributed by atoms with Gasteiger partial charge >= 0.3 is 0 Å². The topological polar surface area (TPSA) is 72.2 Å². The quantitative estimate of drug-likeness (QED) is 0.819. The molecule has 1 aliphatic carbocycles. The van der Waals surface area contributed by atoms with Crippen LogP contribution >= 0.6 is 0 Å². The molecule has 1 fully saturated rings. The van der Waals surface area contributed by atoms with Gasteiger partial charge in [0, 0.05) is 17.8 Å². The van der Waals surface area contributed by atoms with Gasteiger partial charge in [-0.2, -0.15) is 0 Å². The van der Waals surface area contributed by atoms with E-state index in [1.165, 1.54) is 13.0 Å². The summed E-state index contributed by atoms with van der Waals surface area (Å²) in [5.74, 6) is 0.354. The largest absolute Gasteiger partial charge is 0.399 e. The Bertz CT molecular complexity index is 572. The third-order valence-corrected chi connectivity index (χ3v) is 4.97. The number of nitrogens with two attached hydrogens (primary N) is 1. The molecule has 4 nitrogen and oxygen atoms in total. The van der Waals surface area contributed by atoms with Gasteiger partial charge in [0.15, 0.2) is 0 Å². The molecule has 1 aliphatic rings. The molecule has 1 aromatic carbocycles. The molecule has 6 heteroatoms. The summed E-state index contributed by atoms with van der Waals surface area (Å²) in [7, 11) is -3.68. The van der Waals surface area contributed by atoms with Crippen LogP contribution in [0.2, 0.25) is 0 Å². The molecule has 0 saturated heterocycles. The Kier molecular flexibility index (Phi) is 3.33. The smallest absolute Gasteiger partial charge is 0.241 e. The van der Waals surface area contributed by atoms with Crippen molar-refractivity contribution in [1.82, 2.24) is 4.72 Å². The zero-order valence-electron chi connectivity index (χ0n) is 10.4. The minimum absolute atomic E-state index is 0.0756. The molecule has 2 rings (SSSR count). The Labute approximate surface area is 106 Å². The number of halogens is 1. The average Bonchev–Trinajstić information content (AvgIpc) is 2.97. The lowest BCUT2D eigenvalue weighted by Gasteiger charge is -2.10. The number of nitrogen functional groups attached to an aromatic ring is 1. The maximum atomic E-state index is 13.5. The number of benzene rings is 1. The van der Waals surface area contributed by atoms with Crippen LogP contribution in [0.25, 0.3) is 0 Å². The van der Waals surface area contributed by atoms with E-state index < -0.39 is 15.8 Å². The SMILES string of the molecule is Cc1c(F)cc(N)cc1S(=O)(=O)NCC1CC1C. The first kappa shape index (κ1) is 13.3. The molecule has 100 valence electrons. The van der Waals surface area contributed by atoms with Gasteiger partial charge in [-0.25, -0.2) is 17.5 Å². The number of rotatable bonds is 4. The number of hydrogen-bond donors (Lipinski definition) is 2. The molecule has 2 atom stereocenters. The standard InChI is InChI=1S/C12H17FN2O2S/c1-7-3-9(7)6-15-18(16,17)12-5-10(14)4-11(13)8(12)2/h4-5,7,9,15H,3,6,14H2,1-2H3. The van der Waals surface area contributed by atoms with Crippen molar-refractivity contribution in [1.29, 1.82) is 0 Å². The summed E-state index contributed by atoms with van der Waals surface area (Å²) < 4.78 is 40.1. The normalized spacial score (nSPS) is 23.1. The van der Waals surface area contributed by atoms with Crippen LogP contribution < -0.4 is 10.5 Å². The van der Waals surface area contributed by atoms with Gasteiger partial charge in [-0.1, -0.05) is 6.92 Å². The molecule has 1 aromatic rings. The summed E-state index contributed by atoms with van der Waals surface area (Å²) >= 11 is 0. The van der Waals surface area contributed by atoms with Crippen molar-refractivity contribution in [2.45, 2.75) is 25.2 Å². The highest BCUT2D eigenvalue weighted by Gasteiger charge is 2.33. The minimum Gasteiger partial charge on any atom is -0.399 e. The van der Waals surface area contributed by atoms with Crippen LogP contribution in [-0.4, -0.2) is 15.0 Å². The van der Waals surface area contributed by atoms with E-state index in [1.54, 1.807) is 0 Å². The molecule has 3 N–H and O–H groups in total. The fourth-order valence-corrected chi connectivity index (χ4v) is 3.31. The maximum absolute atomic E-state index is 13.5. The predicted molar refractivity (Wildman–Crippen MR) is 68.0 cm³/mol. The van der Waals surface area contributed by atoms with Crippen molar-refractivity contribution in [3.8, 4) is 0 Å². The molecule has 1 saturated carbocycles. The van der Waals surface area contributed by atoms with Gasteiger partial charge in [0.1, 0.15) is 5.82 Å². The second kappa shape index (κ2) is 4.51. The van der Waals surface area contributed by atoms with Gasteiger partial charge in [-0.3, -0.25) is 0 Å². The first-order chi connectivity index (χ1) is 8.31.